The summed E-state index contributed by atoms with van der Waals surface area (Å²) in [6.07, 6.45) is 1.75. The van der Waals surface area contributed by atoms with Gasteiger partial charge in [0.25, 0.3) is 0 Å². The molecule has 3 heteroatoms. The van der Waals surface area contributed by atoms with E-state index in [1.54, 1.807) is 6.08 Å². The number of hydrogen-bond donors (Lipinski definition) is 1. The number of ether oxygens (including phenoxy) is 1. The topological polar surface area (TPSA) is 35.2 Å². The zero-order valence-electron chi connectivity index (χ0n) is 9.03. The SMILES string of the molecule is C=CC(C)Oc1ccc(Br)cc1[C@@H](C)N. The molecule has 1 rings (SSSR count). The van der Waals surface area contributed by atoms with E-state index in [0.29, 0.717) is 0 Å². The Morgan fingerprint density at radius 1 is 1.47 bits per heavy atom. The molecule has 1 aromatic carbocycles. The zero-order chi connectivity index (χ0) is 11.4. The van der Waals surface area contributed by atoms with Crippen molar-refractivity contribution in [2.24, 2.45) is 5.73 Å². The van der Waals surface area contributed by atoms with Gasteiger partial charge in [-0.25, -0.2) is 0 Å². The second-order valence-electron chi connectivity index (χ2n) is 3.53. The van der Waals surface area contributed by atoms with Gasteiger partial charge < -0.3 is 10.5 Å². The molecule has 0 saturated carbocycles. The van der Waals surface area contributed by atoms with Gasteiger partial charge in [-0.05, 0) is 32.0 Å². The Bertz CT molecular complexity index is 349. The van der Waals surface area contributed by atoms with Gasteiger partial charge in [0.15, 0.2) is 0 Å². The van der Waals surface area contributed by atoms with Crippen LogP contribution in [0, 0.1) is 0 Å². The van der Waals surface area contributed by atoms with E-state index in [-0.39, 0.29) is 12.1 Å². The van der Waals surface area contributed by atoms with Gasteiger partial charge in [0.05, 0.1) is 0 Å². The minimum Gasteiger partial charge on any atom is -0.486 e. The van der Waals surface area contributed by atoms with Crippen LogP contribution in [0.4, 0.5) is 0 Å². The highest BCUT2D eigenvalue weighted by Crippen LogP contribution is 2.28. The van der Waals surface area contributed by atoms with E-state index >= 15 is 0 Å². The third-order valence-electron chi connectivity index (χ3n) is 2.11. The van der Waals surface area contributed by atoms with Crippen molar-refractivity contribution in [3.63, 3.8) is 0 Å². The first-order valence-electron chi connectivity index (χ1n) is 4.89. The van der Waals surface area contributed by atoms with Gasteiger partial charge in [-0.3, -0.25) is 0 Å². The molecule has 0 saturated heterocycles. The molecule has 1 unspecified atom stereocenters. The molecule has 0 spiro atoms. The predicted molar refractivity (Wildman–Crippen MR) is 67.0 cm³/mol. The second-order valence-corrected chi connectivity index (χ2v) is 4.45. The third-order valence-corrected chi connectivity index (χ3v) is 2.60. The number of hydrogen-bond acceptors (Lipinski definition) is 2. The lowest BCUT2D eigenvalue weighted by Gasteiger charge is -2.17. The molecule has 0 aliphatic carbocycles. The molecule has 0 amide bonds. The average Bonchev–Trinajstić information content (AvgIpc) is 2.20. The first-order chi connectivity index (χ1) is 7.04. The Morgan fingerprint density at radius 3 is 2.67 bits per heavy atom. The number of halogens is 1. The van der Waals surface area contributed by atoms with Gasteiger partial charge in [0, 0.05) is 16.1 Å². The van der Waals surface area contributed by atoms with Crippen LogP contribution in [-0.2, 0) is 0 Å². The van der Waals surface area contributed by atoms with Crippen molar-refractivity contribution in [3.8, 4) is 5.75 Å². The van der Waals surface area contributed by atoms with E-state index in [2.05, 4.69) is 22.5 Å². The van der Waals surface area contributed by atoms with Crippen LogP contribution in [0.5, 0.6) is 5.75 Å². The smallest absolute Gasteiger partial charge is 0.125 e. The van der Waals surface area contributed by atoms with Gasteiger partial charge in [0.2, 0.25) is 0 Å². The van der Waals surface area contributed by atoms with Crippen LogP contribution < -0.4 is 10.5 Å². The van der Waals surface area contributed by atoms with E-state index in [1.807, 2.05) is 32.0 Å². The number of nitrogens with two attached hydrogens (primary N) is 1. The zero-order valence-corrected chi connectivity index (χ0v) is 10.6. The monoisotopic (exact) mass is 269 g/mol. The predicted octanol–water partition coefficient (Wildman–Crippen LogP) is 3.42. The van der Waals surface area contributed by atoms with E-state index in [0.717, 1.165) is 15.8 Å². The van der Waals surface area contributed by atoms with Crippen LogP contribution in [0.1, 0.15) is 25.5 Å². The lowest BCUT2D eigenvalue weighted by atomic mass is 10.1. The summed E-state index contributed by atoms with van der Waals surface area (Å²) in [7, 11) is 0. The summed E-state index contributed by atoms with van der Waals surface area (Å²) in [6, 6.07) is 5.80. The van der Waals surface area contributed by atoms with Crippen molar-refractivity contribution in [1.82, 2.24) is 0 Å². The summed E-state index contributed by atoms with van der Waals surface area (Å²) < 4.78 is 6.70. The van der Waals surface area contributed by atoms with Gasteiger partial charge in [-0.15, -0.1) is 0 Å². The summed E-state index contributed by atoms with van der Waals surface area (Å²) in [6.45, 7) is 7.57. The first kappa shape index (κ1) is 12.3. The molecule has 2 N–H and O–H groups in total. The van der Waals surface area contributed by atoms with E-state index in [1.165, 1.54) is 0 Å². The number of benzene rings is 1. The first-order valence-corrected chi connectivity index (χ1v) is 5.68. The highest BCUT2D eigenvalue weighted by Gasteiger charge is 2.10. The van der Waals surface area contributed by atoms with E-state index < -0.39 is 0 Å². The summed E-state index contributed by atoms with van der Waals surface area (Å²) in [5, 5.41) is 0. The van der Waals surface area contributed by atoms with E-state index in [9.17, 15) is 0 Å². The summed E-state index contributed by atoms with van der Waals surface area (Å²) in [4.78, 5) is 0. The lowest BCUT2D eigenvalue weighted by molar-refractivity contribution is 0.266. The molecular weight excluding hydrogens is 254 g/mol. The van der Waals surface area contributed by atoms with Crippen LogP contribution in [0.2, 0.25) is 0 Å². The van der Waals surface area contributed by atoms with Crippen molar-refractivity contribution in [2.45, 2.75) is 26.0 Å². The number of rotatable bonds is 4. The van der Waals surface area contributed by atoms with Crippen molar-refractivity contribution >= 4 is 15.9 Å². The fourth-order valence-electron chi connectivity index (χ4n) is 1.23. The lowest BCUT2D eigenvalue weighted by Crippen LogP contribution is -2.12. The van der Waals surface area contributed by atoms with Crippen molar-refractivity contribution in [2.75, 3.05) is 0 Å². The Balaban J connectivity index is 3.00. The van der Waals surface area contributed by atoms with Crippen LogP contribution in [0.15, 0.2) is 35.3 Å². The molecule has 2 nitrogen and oxygen atoms in total. The fraction of sp³-hybridized carbons (Fsp3) is 0.333. The molecule has 0 aliphatic heterocycles. The molecular formula is C12H16BrNO. The van der Waals surface area contributed by atoms with Crippen molar-refractivity contribution in [3.05, 3.63) is 40.9 Å². The Morgan fingerprint density at radius 2 is 2.13 bits per heavy atom. The van der Waals surface area contributed by atoms with Gasteiger partial charge >= 0.3 is 0 Å². The maximum atomic E-state index is 5.87. The maximum Gasteiger partial charge on any atom is 0.125 e. The average molecular weight is 270 g/mol. The largest absolute Gasteiger partial charge is 0.486 e. The normalized spacial score (nSPS) is 14.4. The molecule has 15 heavy (non-hydrogen) atoms. The fourth-order valence-corrected chi connectivity index (χ4v) is 1.61. The molecule has 2 atom stereocenters. The van der Waals surface area contributed by atoms with Gasteiger partial charge in [-0.1, -0.05) is 28.6 Å². The maximum absolute atomic E-state index is 5.87. The second kappa shape index (κ2) is 5.33. The van der Waals surface area contributed by atoms with E-state index in [4.69, 9.17) is 10.5 Å². The van der Waals surface area contributed by atoms with Crippen LogP contribution >= 0.6 is 15.9 Å². The van der Waals surface area contributed by atoms with Crippen molar-refractivity contribution < 1.29 is 4.74 Å². The van der Waals surface area contributed by atoms with Gasteiger partial charge in [-0.2, -0.15) is 0 Å². The van der Waals surface area contributed by atoms with Crippen LogP contribution in [-0.4, -0.2) is 6.10 Å². The van der Waals surface area contributed by atoms with Crippen molar-refractivity contribution in [1.29, 1.82) is 0 Å². The molecule has 0 bridgehead atoms. The summed E-state index contributed by atoms with van der Waals surface area (Å²) in [5.41, 5.74) is 6.87. The van der Waals surface area contributed by atoms with Crippen LogP contribution in [0.3, 0.4) is 0 Å². The molecule has 0 heterocycles. The van der Waals surface area contributed by atoms with Gasteiger partial charge in [0.1, 0.15) is 11.9 Å². The summed E-state index contributed by atoms with van der Waals surface area (Å²) in [5.74, 6) is 0.820. The molecule has 0 radical (unpaired) electrons. The standard InChI is InChI=1S/C12H16BrNO/c1-4-8(2)15-12-6-5-10(13)7-11(12)9(3)14/h4-9H,1,14H2,2-3H3/t8?,9-/m1/s1. The van der Waals surface area contributed by atoms with Crippen LogP contribution in [0.25, 0.3) is 0 Å². The third kappa shape index (κ3) is 3.36. The molecule has 1 aromatic rings. The highest BCUT2D eigenvalue weighted by molar-refractivity contribution is 9.10. The highest BCUT2D eigenvalue weighted by atomic mass is 79.9. The molecule has 0 aliphatic rings. The quantitative estimate of drug-likeness (QED) is 0.851. The molecule has 82 valence electrons. The Kier molecular flexibility index (Phi) is 4.36. The Hall–Kier alpha value is -0.800. The molecule has 0 fully saturated rings. The summed E-state index contributed by atoms with van der Waals surface area (Å²) >= 11 is 3.42. The minimum atomic E-state index is -0.0467. The Labute approximate surface area is 99.3 Å². The minimum absolute atomic E-state index is 0.0105. The molecule has 0 aromatic heterocycles.